The Balaban J connectivity index is 2.56. The Morgan fingerprint density at radius 3 is 2.78 bits per heavy atom. The molecule has 0 radical (unpaired) electrons. The molecule has 1 aromatic heterocycles. The van der Waals surface area contributed by atoms with Gasteiger partial charge >= 0.3 is 0 Å². The van der Waals surface area contributed by atoms with Gasteiger partial charge in [0.2, 0.25) is 10.0 Å². The maximum absolute atomic E-state index is 11.8. The van der Waals surface area contributed by atoms with Gasteiger partial charge in [-0.1, -0.05) is 6.92 Å². The monoisotopic (exact) mass is 335 g/mol. The molecule has 7 heteroatoms. The molecule has 1 heterocycles. The standard InChI is InChI=1S/C11H18BrN3O2S/c1-3-13-5-4-6-18(16,17)15-11-7-9(2)10(12)8-14-11/h7-8,13H,3-6H2,1-2H3,(H,14,15). The van der Waals surface area contributed by atoms with Crippen molar-refractivity contribution >= 4 is 31.8 Å². The maximum Gasteiger partial charge on any atom is 0.233 e. The number of halogens is 1. The Morgan fingerprint density at radius 1 is 1.44 bits per heavy atom. The van der Waals surface area contributed by atoms with Crippen LogP contribution in [-0.4, -0.2) is 32.2 Å². The molecule has 0 atom stereocenters. The molecule has 1 rings (SSSR count). The fourth-order valence-corrected chi connectivity index (χ4v) is 2.64. The molecule has 0 aliphatic carbocycles. The van der Waals surface area contributed by atoms with Gasteiger partial charge in [-0.3, -0.25) is 4.72 Å². The van der Waals surface area contributed by atoms with Gasteiger partial charge in [-0.05, 0) is 54.0 Å². The number of aromatic nitrogens is 1. The summed E-state index contributed by atoms with van der Waals surface area (Å²) >= 11 is 3.32. The number of anilines is 1. The van der Waals surface area contributed by atoms with E-state index in [4.69, 9.17) is 0 Å². The van der Waals surface area contributed by atoms with Gasteiger partial charge in [0.25, 0.3) is 0 Å². The quantitative estimate of drug-likeness (QED) is 0.746. The van der Waals surface area contributed by atoms with Crippen molar-refractivity contribution in [3.8, 4) is 0 Å². The second-order valence-electron chi connectivity index (χ2n) is 3.95. The van der Waals surface area contributed by atoms with Gasteiger partial charge in [0.15, 0.2) is 0 Å². The van der Waals surface area contributed by atoms with E-state index in [0.29, 0.717) is 18.8 Å². The largest absolute Gasteiger partial charge is 0.317 e. The topological polar surface area (TPSA) is 71.1 Å². The third-order valence-corrected chi connectivity index (χ3v) is 4.50. The van der Waals surface area contributed by atoms with E-state index in [-0.39, 0.29) is 5.75 Å². The third kappa shape index (κ3) is 5.32. The second kappa shape index (κ2) is 7.06. The van der Waals surface area contributed by atoms with Crippen LogP contribution in [0.2, 0.25) is 0 Å². The highest BCUT2D eigenvalue weighted by atomic mass is 79.9. The summed E-state index contributed by atoms with van der Waals surface area (Å²) in [7, 11) is -3.31. The molecule has 2 N–H and O–H groups in total. The van der Waals surface area contributed by atoms with Crippen LogP contribution in [0, 0.1) is 6.92 Å². The van der Waals surface area contributed by atoms with Gasteiger partial charge in [0.1, 0.15) is 5.82 Å². The van der Waals surface area contributed by atoms with Crippen molar-refractivity contribution < 1.29 is 8.42 Å². The molecular weight excluding hydrogens is 318 g/mol. The van der Waals surface area contributed by atoms with E-state index in [9.17, 15) is 8.42 Å². The first kappa shape index (κ1) is 15.4. The number of rotatable bonds is 7. The van der Waals surface area contributed by atoms with E-state index in [1.807, 2.05) is 13.8 Å². The second-order valence-corrected chi connectivity index (χ2v) is 6.64. The Hall–Kier alpha value is -0.660. The fraction of sp³-hybridized carbons (Fsp3) is 0.545. The van der Waals surface area contributed by atoms with E-state index in [1.165, 1.54) is 0 Å². The smallest absolute Gasteiger partial charge is 0.233 e. The predicted octanol–water partition coefficient (Wildman–Crippen LogP) is 1.89. The van der Waals surface area contributed by atoms with Crippen LogP contribution in [0.5, 0.6) is 0 Å². The Morgan fingerprint density at radius 2 is 2.17 bits per heavy atom. The van der Waals surface area contributed by atoms with Crippen LogP contribution in [-0.2, 0) is 10.0 Å². The molecular formula is C11H18BrN3O2S. The van der Waals surface area contributed by atoms with Crippen LogP contribution in [0.4, 0.5) is 5.82 Å². The average molecular weight is 336 g/mol. The van der Waals surface area contributed by atoms with Crippen molar-refractivity contribution in [3.63, 3.8) is 0 Å². The highest BCUT2D eigenvalue weighted by Gasteiger charge is 2.11. The molecule has 0 unspecified atom stereocenters. The summed E-state index contributed by atoms with van der Waals surface area (Å²) < 4.78 is 26.9. The fourth-order valence-electron chi connectivity index (χ4n) is 1.37. The molecule has 0 amide bonds. The lowest BCUT2D eigenvalue weighted by Gasteiger charge is -2.08. The molecule has 0 fully saturated rings. The van der Waals surface area contributed by atoms with E-state index in [2.05, 4.69) is 31.0 Å². The summed E-state index contributed by atoms with van der Waals surface area (Å²) in [5.74, 6) is 0.454. The zero-order chi connectivity index (χ0) is 13.6. The maximum atomic E-state index is 11.8. The van der Waals surface area contributed by atoms with Crippen molar-refractivity contribution in [3.05, 3.63) is 22.3 Å². The minimum atomic E-state index is -3.31. The Bertz CT molecular complexity index is 491. The zero-order valence-corrected chi connectivity index (χ0v) is 12.9. The average Bonchev–Trinajstić information content (AvgIpc) is 2.29. The SMILES string of the molecule is CCNCCCS(=O)(=O)Nc1cc(C)c(Br)cn1. The lowest BCUT2D eigenvalue weighted by Crippen LogP contribution is -2.22. The van der Waals surface area contributed by atoms with Gasteiger partial charge in [0, 0.05) is 10.7 Å². The van der Waals surface area contributed by atoms with Gasteiger partial charge in [0.05, 0.1) is 5.75 Å². The number of hydrogen-bond acceptors (Lipinski definition) is 4. The molecule has 0 spiro atoms. The van der Waals surface area contributed by atoms with E-state index < -0.39 is 10.0 Å². The summed E-state index contributed by atoms with van der Waals surface area (Å²) in [4.78, 5) is 4.02. The number of nitrogens with zero attached hydrogens (tertiary/aromatic N) is 1. The van der Waals surface area contributed by atoms with Crippen LogP contribution >= 0.6 is 15.9 Å². The van der Waals surface area contributed by atoms with Crippen molar-refractivity contribution in [2.75, 3.05) is 23.6 Å². The van der Waals surface area contributed by atoms with Crippen LogP contribution in [0.25, 0.3) is 0 Å². The first-order chi connectivity index (χ1) is 8.44. The molecule has 102 valence electrons. The summed E-state index contributed by atoms with van der Waals surface area (Å²) in [5, 5.41) is 3.09. The normalized spacial score (nSPS) is 11.5. The number of sulfonamides is 1. The van der Waals surface area contributed by atoms with Crippen molar-refractivity contribution in [2.45, 2.75) is 20.3 Å². The molecule has 0 saturated carbocycles. The van der Waals surface area contributed by atoms with Crippen LogP contribution in [0.3, 0.4) is 0 Å². The van der Waals surface area contributed by atoms with E-state index in [0.717, 1.165) is 16.6 Å². The number of pyridine rings is 1. The minimum Gasteiger partial charge on any atom is -0.317 e. The van der Waals surface area contributed by atoms with Crippen molar-refractivity contribution in [2.24, 2.45) is 0 Å². The van der Waals surface area contributed by atoms with E-state index >= 15 is 0 Å². The minimum absolute atomic E-state index is 0.0940. The van der Waals surface area contributed by atoms with Gasteiger partial charge in [-0.25, -0.2) is 13.4 Å². The van der Waals surface area contributed by atoms with Gasteiger partial charge in [-0.2, -0.15) is 0 Å². The van der Waals surface area contributed by atoms with Gasteiger partial charge in [-0.15, -0.1) is 0 Å². The predicted molar refractivity (Wildman–Crippen MR) is 77.2 cm³/mol. The first-order valence-corrected chi connectivity index (χ1v) is 8.22. The lowest BCUT2D eigenvalue weighted by molar-refractivity contribution is 0.595. The molecule has 18 heavy (non-hydrogen) atoms. The summed E-state index contributed by atoms with van der Waals surface area (Å²) in [6, 6.07) is 1.70. The molecule has 0 bridgehead atoms. The molecule has 0 aliphatic rings. The highest BCUT2D eigenvalue weighted by molar-refractivity contribution is 9.10. The van der Waals surface area contributed by atoms with Crippen LogP contribution < -0.4 is 10.0 Å². The van der Waals surface area contributed by atoms with Crippen molar-refractivity contribution in [1.82, 2.24) is 10.3 Å². The number of aryl methyl sites for hydroxylation is 1. The molecule has 0 aromatic carbocycles. The summed E-state index contributed by atoms with van der Waals surface area (Å²) in [5.41, 5.74) is 0.940. The van der Waals surface area contributed by atoms with Crippen LogP contribution in [0.15, 0.2) is 16.7 Å². The first-order valence-electron chi connectivity index (χ1n) is 5.78. The van der Waals surface area contributed by atoms with Crippen molar-refractivity contribution in [1.29, 1.82) is 0 Å². The third-order valence-electron chi connectivity index (χ3n) is 2.32. The van der Waals surface area contributed by atoms with E-state index in [1.54, 1.807) is 12.3 Å². The van der Waals surface area contributed by atoms with Gasteiger partial charge < -0.3 is 5.32 Å². The number of hydrogen-bond donors (Lipinski definition) is 2. The lowest BCUT2D eigenvalue weighted by atomic mass is 10.3. The number of nitrogens with one attached hydrogen (secondary N) is 2. The molecule has 0 aliphatic heterocycles. The summed E-state index contributed by atoms with van der Waals surface area (Å²) in [6.45, 7) is 5.42. The molecule has 1 aromatic rings. The molecule has 0 saturated heterocycles. The molecule has 5 nitrogen and oxygen atoms in total. The zero-order valence-electron chi connectivity index (χ0n) is 10.5. The summed E-state index contributed by atoms with van der Waals surface area (Å²) in [6.07, 6.45) is 2.17. The highest BCUT2D eigenvalue weighted by Crippen LogP contribution is 2.17. The Kier molecular flexibility index (Phi) is 6.04. The van der Waals surface area contributed by atoms with Crippen LogP contribution in [0.1, 0.15) is 18.9 Å². The Labute approximate surface area is 117 Å².